The van der Waals surface area contributed by atoms with Crippen LogP contribution in [0.5, 0.6) is 5.75 Å². The van der Waals surface area contributed by atoms with Crippen molar-refractivity contribution in [1.29, 1.82) is 0 Å². The molecule has 4 nitrogen and oxygen atoms in total. The Labute approximate surface area is 146 Å². The van der Waals surface area contributed by atoms with Crippen LogP contribution >= 0.6 is 23.2 Å². The summed E-state index contributed by atoms with van der Waals surface area (Å²) in [5.74, 6) is 0.426. The van der Waals surface area contributed by atoms with Crippen LogP contribution < -0.4 is 10.1 Å². The summed E-state index contributed by atoms with van der Waals surface area (Å²) in [4.78, 5) is 14.1. The van der Waals surface area contributed by atoms with Crippen LogP contribution in [0.15, 0.2) is 42.5 Å². The molecule has 1 amide bonds. The van der Waals surface area contributed by atoms with Gasteiger partial charge in [0.15, 0.2) is 0 Å². The Morgan fingerprint density at radius 2 is 1.91 bits per heavy atom. The second-order valence-corrected chi connectivity index (χ2v) is 6.07. The lowest BCUT2D eigenvalue weighted by Crippen LogP contribution is -2.29. The van der Waals surface area contributed by atoms with Gasteiger partial charge in [-0.2, -0.15) is 0 Å². The monoisotopic (exact) mass is 352 g/mol. The van der Waals surface area contributed by atoms with E-state index in [1.165, 1.54) is 0 Å². The van der Waals surface area contributed by atoms with Crippen LogP contribution in [0, 0.1) is 0 Å². The maximum absolute atomic E-state index is 12.2. The molecular formula is C17H18Cl2N2O2. The Morgan fingerprint density at radius 1 is 1.17 bits per heavy atom. The smallest absolute Gasteiger partial charge is 0.238 e. The van der Waals surface area contributed by atoms with Gasteiger partial charge in [0.1, 0.15) is 5.75 Å². The second-order valence-electron chi connectivity index (χ2n) is 5.19. The van der Waals surface area contributed by atoms with Crippen LogP contribution in [-0.2, 0) is 11.3 Å². The first kappa shape index (κ1) is 17.6. The molecule has 0 radical (unpaired) electrons. The number of halogens is 2. The Kier molecular flexibility index (Phi) is 6.28. The molecule has 0 unspecified atom stereocenters. The third kappa shape index (κ3) is 5.43. The number of anilines is 1. The molecule has 0 aliphatic carbocycles. The summed E-state index contributed by atoms with van der Waals surface area (Å²) in [6.07, 6.45) is 0. The molecule has 1 N–H and O–H groups in total. The topological polar surface area (TPSA) is 41.6 Å². The highest BCUT2D eigenvalue weighted by Crippen LogP contribution is 2.27. The SMILES string of the molecule is COc1ccc(Cl)cc1NC(=O)CN(C)Cc1cccc(Cl)c1. The van der Waals surface area contributed by atoms with Gasteiger partial charge in [-0.25, -0.2) is 0 Å². The summed E-state index contributed by atoms with van der Waals surface area (Å²) in [5, 5.41) is 4.03. The van der Waals surface area contributed by atoms with Crippen molar-refractivity contribution in [3.05, 3.63) is 58.1 Å². The van der Waals surface area contributed by atoms with Crippen LogP contribution in [0.3, 0.4) is 0 Å². The molecule has 23 heavy (non-hydrogen) atoms. The Balaban J connectivity index is 1.95. The number of amides is 1. The van der Waals surface area contributed by atoms with Crippen LogP contribution in [0.1, 0.15) is 5.56 Å². The molecule has 0 aliphatic heterocycles. The summed E-state index contributed by atoms with van der Waals surface area (Å²) in [6.45, 7) is 0.864. The molecule has 122 valence electrons. The quantitative estimate of drug-likeness (QED) is 0.851. The van der Waals surface area contributed by atoms with Crippen LogP contribution in [0.2, 0.25) is 10.0 Å². The van der Waals surface area contributed by atoms with Crippen molar-refractivity contribution in [3.63, 3.8) is 0 Å². The molecule has 0 heterocycles. The van der Waals surface area contributed by atoms with Crippen LogP contribution in [-0.4, -0.2) is 31.5 Å². The van der Waals surface area contributed by atoms with Crippen LogP contribution in [0.25, 0.3) is 0 Å². The number of hydrogen-bond donors (Lipinski definition) is 1. The van der Waals surface area contributed by atoms with E-state index in [-0.39, 0.29) is 12.5 Å². The van der Waals surface area contributed by atoms with Crippen molar-refractivity contribution in [2.75, 3.05) is 26.0 Å². The van der Waals surface area contributed by atoms with Gasteiger partial charge >= 0.3 is 0 Å². The summed E-state index contributed by atoms with van der Waals surface area (Å²) in [5.41, 5.74) is 1.61. The van der Waals surface area contributed by atoms with E-state index in [1.807, 2.05) is 36.2 Å². The third-order valence-electron chi connectivity index (χ3n) is 3.19. The number of nitrogens with zero attached hydrogens (tertiary/aromatic N) is 1. The van der Waals surface area contributed by atoms with E-state index in [9.17, 15) is 4.79 Å². The van der Waals surface area contributed by atoms with E-state index < -0.39 is 0 Å². The zero-order valence-corrected chi connectivity index (χ0v) is 14.5. The third-order valence-corrected chi connectivity index (χ3v) is 3.66. The summed E-state index contributed by atoms with van der Waals surface area (Å²) < 4.78 is 5.21. The summed E-state index contributed by atoms with van der Waals surface area (Å²) >= 11 is 11.9. The van der Waals surface area contributed by atoms with Crippen molar-refractivity contribution >= 4 is 34.8 Å². The summed E-state index contributed by atoms with van der Waals surface area (Å²) in [7, 11) is 3.42. The molecule has 2 rings (SSSR count). The number of benzene rings is 2. The molecular weight excluding hydrogens is 335 g/mol. The van der Waals surface area contributed by atoms with Crippen LogP contribution in [0.4, 0.5) is 5.69 Å². The molecule has 2 aromatic rings. The fourth-order valence-corrected chi connectivity index (χ4v) is 2.60. The van der Waals surface area contributed by atoms with E-state index in [4.69, 9.17) is 27.9 Å². The number of rotatable bonds is 6. The maximum atomic E-state index is 12.2. The van der Waals surface area contributed by atoms with Gasteiger partial charge in [-0.15, -0.1) is 0 Å². The Morgan fingerprint density at radius 3 is 2.61 bits per heavy atom. The number of nitrogens with one attached hydrogen (secondary N) is 1. The average molecular weight is 353 g/mol. The van der Waals surface area contributed by atoms with Crippen molar-refractivity contribution < 1.29 is 9.53 Å². The summed E-state index contributed by atoms with van der Waals surface area (Å²) in [6, 6.07) is 12.7. The molecule has 0 atom stereocenters. The lowest BCUT2D eigenvalue weighted by Gasteiger charge is -2.17. The van der Waals surface area contributed by atoms with Crippen molar-refractivity contribution in [2.45, 2.75) is 6.54 Å². The molecule has 0 spiro atoms. The second kappa shape index (κ2) is 8.20. The van der Waals surface area contributed by atoms with Gasteiger partial charge in [-0.1, -0.05) is 35.3 Å². The molecule has 0 bridgehead atoms. The zero-order chi connectivity index (χ0) is 16.8. The van der Waals surface area contributed by atoms with E-state index in [1.54, 1.807) is 25.3 Å². The number of carbonyl (C=O) groups is 1. The minimum absolute atomic E-state index is 0.143. The lowest BCUT2D eigenvalue weighted by molar-refractivity contribution is -0.117. The van der Waals surface area contributed by atoms with E-state index in [0.717, 1.165) is 5.56 Å². The first-order valence-electron chi connectivity index (χ1n) is 7.04. The van der Waals surface area contributed by atoms with Gasteiger partial charge in [-0.05, 0) is 42.9 Å². The highest BCUT2D eigenvalue weighted by molar-refractivity contribution is 6.31. The van der Waals surface area contributed by atoms with E-state index in [0.29, 0.717) is 28.0 Å². The lowest BCUT2D eigenvalue weighted by atomic mass is 10.2. The van der Waals surface area contributed by atoms with Crippen molar-refractivity contribution in [1.82, 2.24) is 4.90 Å². The van der Waals surface area contributed by atoms with Crippen molar-refractivity contribution in [3.8, 4) is 5.75 Å². The van der Waals surface area contributed by atoms with Crippen molar-refractivity contribution in [2.24, 2.45) is 0 Å². The number of ether oxygens (including phenoxy) is 1. The Bertz CT molecular complexity index is 692. The van der Waals surface area contributed by atoms with E-state index in [2.05, 4.69) is 5.32 Å². The predicted octanol–water partition coefficient (Wildman–Crippen LogP) is 4.07. The number of methoxy groups -OCH3 is 1. The molecule has 0 fully saturated rings. The number of likely N-dealkylation sites (N-methyl/N-ethyl adjacent to an activating group) is 1. The fourth-order valence-electron chi connectivity index (χ4n) is 2.22. The normalized spacial score (nSPS) is 10.7. The molecule has 2 aromatic carbocycles. The van der Waals surface area contributed by atoms with Gasteiger partial charge in [0.25, 0.3) is 0 Å². The van der Waals surface area contributed by atoms with Gasteiger partial charge in [0.05, 0.1) is 19.3 Å². The highest BCUT2D eigenvalue weighted by Gasteiger charge is 2.11. The maximum Gasteiger partial charge on any atom is 0.238 e. The molecule has 6 heteroatoms. The molecule has 0 aliphatic rings. The highest BCUT2D eigenvalue weighted by atomic mass is 35.5. The molecule has 0 aromatic heterocycles. The largest absolute Gasteiger partial charge is 0.495 e. The van der Waals surface area contributed by atoms with E-state index >= 15 is 0 Å². The number of hydrogen-bond acceptors (Lipinski definition) is 3. The fraction of sp³-hybridized carbons (Fsp3) is 0.235. The first-order valence-corrected chi connectivity index (χ1v) is 7.80. The molecule has 0 saturated carbocycles. The average Bonchev–Trinajstić information content (AvgIpc) is 2.47. The minimum atomic E-state index is -0.143. The predicted molar refractivity (Wildman–Crippen MR) is 94.4 cm³/mol. The standard InChI is InChI=1S/C17H18Cl2N2O2/c1-21(10-12-4-3-5-13(18)8-12)11-17(22)20-15-9-14(19)6-7-16(15)23-2/h3-9H,10-11H2,1-2H3,(H,20,22). The van der Waals surface area contributed by atoms with Gasteiger partial charge in [0.2, 0.25) is 5.91 Å². The molecule has 0 saturated heterocycles. The van der Waals surface area contributed by atoms with Gasteiger partial charge in [0, 0.05) is 16.6 Å². The van der Waals surface area contributed by atoms with Gasteiger partial charge < -0.3 is 10.1 Å². The first-order chi connectivity index (χ1) is 11.0. The Hall–Kier alpha value is -1.75. The zero-order valence-electron chi connectivity index (χ0n) is 13.0. The van der Waals surface area contributed by atoms with Gasteiger partial charge in [-0.3, -0.25) is 9.69 Å². The number of carbonyl (C=O) groups excluding carboxylic acids is 1. The minimum Gasteiger partial charge on any atom is -0.495 e.